The Morgan fingerprint density at radius 1 is 1.29 bits per heavy atom. The van der Waals surface area contributed by atoms with Gasteiger partial charge in [-0.1, -0.05) is 18.2 Å². The van der Waals surface area contributed by atoms with Crippen LogP contribution in [0.4, 0.5) is 0 Å². The molecule has 0 aromatic heterocycles. The monoisotopic (exact) mass is 213 g/mol. The molecule has 4 heteroatoms. The molecule has 1 aromatic carbocycles. The SMILES string of the molecule is Cc1ccccc1S(=O)(=O)CCCN. The summed E-state index contributed by atoms with van der Waals surface area (Å²) in [5.74, 6) is 0.133. The molecule has 0 heterocycles. The van der Waals surface area contributed by atoms with Gasteiger partial charge in [-0.15, -0.1) is 0 Å². The topological polar surface area (TPSA) is 60.2 Å². The average molecular weight is 213 g/mol. The van der Waals surface area contributed by atoms with Crippen LogP contribution < -0.4 is 5.73 Å². The molecule has 0 atom stereocenters. The average Bonchev–Trinajstić information content (AvgIpc) is 2.15. The van der Waals surface area contributed by atoms with E-state index in [0.717, 1.165) is 5.56 Å². The minimum Gasteiger partial charge on any atom is -0.330 e. The molecule has 0 bridgehead atoms. The van der Waals surface area contributed by atoms with Crippen molar-refractivity contribution < 1.29 is 8.42 Å². The maximum atomic E-state index is 11.8. The molecule has 0 aliphatic rings. The largest absolute Gasteiger partial charge is 0.330 e. The van der Waals surface area contributed by atoms with Crippen molar-refractivity contribution in [1.82, 2.24) is 0 Å². The zero-order valence-corrected chi connectivity index (χ0v) is 9.05. The molecule has 0 radical (unpaired) electrons. The standard InChI is InChI=1S/C10H15NO2S/c1-9-5-2-3-6-10(9)14(12,13)8-4-7-11/h2-3,5-6H,4,7-8,11H2,1H3. The van der Waals surface area contributed by atoms with Crippen molar-refractivity contribution in [3.8, 4) is 0 Å². The van der Waals surface area contributed by atoms with Crippen LogP contribution in [0.5, 0.6) is 0 Å². The Labute approximate surface area is 84.9 Å². The van der Waals surface area contributed by atoms with E-state index < -0.39 is 9.84 Å². The van der Waals surface area contributed by atoms with Crippen molar-refractivity contribution in [2.75, 3.05) is 12.3 Å². The maximum absolute atomic E-state index is 11.8. The van der Waals surface area contributed by atoms with Crippen molar-refractivity contribution in [1.29, 1.82) is 0 Å². The van der Waals surface area contributed by atoms with Gasteiger partial charge in [0.1, 0.15) is 0 Å². The third kappa shape index (κ3) is 2.56. The summed E-state index contributed by atoms with van der Waals surface area (Å²) in [7, 11) is -3.13. The van der Waals surface area contributed by atoms with Crippen molar-refractivity contribution in [2.45, 2.75) is 18.2 Å². The third-order valence-corrected chi connectivity index (χ3v) is 4.00. The lowest BCUT2D eigenvalue weighted by molar-refractivity contribution is 0.593. The van der Waals surface area contributed by atoms with E-state index in [4.69, 9.17) is 5.73 Å². The summed E-state index contributed by atoms with van der Waals surface area (Å²) in [5.41, 5.74) is 6.08. The number of nitrogens with two attached hydrogens (primary N) is 1. The minimum atomic E-state index is -3.13. The first-order chi connectivity index (χ1) is 6.58. The van der Waals surface area contributed by atoms with E-state index in [1.165, 1.54) is 0 Å². The van der Waals surface area contributed by atoms with E-state index in [1.54, 1.807) is 25.1 Å². The quantitative estimate of drug-likeness (QED) is 0.815. The Morgan fingerprint density at radius 3 is 2.50 bits per heavy atom. The lowest BCUT2D eigenvalue weighted by Gasteiger charge is -2.06. The van der Waals surface area contributed by atoms with Crippen LogP contribution >= 0.6 is 0 Å². The molecule has 14 heavy (non-hydrogen) atoms. The van der Waals surface area contributed by atoms with Gasteiger partial charge >= 0.3 is 0 Å². The van der Waals surface area contributed by atoms with Crippen LogP contribution in [0, 0.1) is 6.92 Å². The highest BCUT2D eigenvalue weighted by Gasteiger charge is 2.15. The van der Waals surface area contributed by atoms with Crippen LogP contribution in [0.1, 0.15) is 12.0 Å². The number of hydrogen-bond donors (Lipinski definition) is 1. The van der Waals surface area contributed by atoms with Gasteiger partial charge in [0.2, 0.25) is 0 Å². The van der Waals surface area contributed by atoms with Gasteiger partial charge in [-0.2, -0.15) is 0 Å². The predicted octanol–water partition coefficient (Wildman–Crippen LogP) is 1.12. The molecule has 0 aliphatic heterocycles. The normalized spacial score (nSPS) is 11.6. The molecule has 0 unspecified atom stereocenters. The molecule has 1 aromatic rings. The van der Waals surface area contributed by atoms with Gasteiger partial charge in [0.15, 0.2) is 9.84 Å². The van der Waals surface area contributed by atoms with Crippen LogP contribution in [-0.2, 0) is 9.84 Å². The summed E-state index contributed by atoms with van der Waals surface area (Å²) < 4.78 is 23.5. The molecular weight excluding hydrogens is 198 g/mol. The van der Waals surface area contributed by atoms with Crippen LogP contribution in [0.15, 0.2) is 29.2 Å². The molecule has 0 saturated heterocycles. The number of hydrogen-bond acceptors (Lipinski definition) is 3. The molecule has 0 saturated carbocycles. The van der Waals surface area contributed by atoms with E-state index in [1.807, 2.05) is 6.07 Å². The van der Waals surface area contributed by atoms with E-state index in [0.29, 0.717) is 17.9 Å². The molecule has 0 spiro atoms. The smallest absolute Gasteiger partial charge is 0.178 e. The van der Waals surface area contributed by atoms with E-state index >= 15 is 0 Å². The molecule has 1 rings (SSSR count). The highest BCUT2D eigenvalue weighted by molar-refractivity contribution is 7.91. The van der Waals surface area contributed by atoms with Crippen LogP contribution in [-0.4, -0.2) is 20.7 Å². The van der Waals surface area contributed by atoms with Gasteiger partial charge in [0.05, 0.1) is 10.6 Å². The summed E-state index contributed by atoms with van der Waals surface area (Å²) in [6.45, 7) is 2.21. The predicted molar refractivity (Wildman–Crippen MR) is 56.9 cm³/mol. The number of aryl methyl sites for hydroxylation is 1. The fourth-order valence-corrected chi connectivity index (χ4v) is 2.90. The first-order valence-corrected chi connectivity index (χ1v) is 6.21. The van der Waals surface area contributed by atoms with Crippen molar-refractivity contribution in [2.24, 2.45) is 5.73 Å². The van der Waals surface area contributed by atoms with Gasteiger partial charge in [-0.05, 0) is 31.5 Å². The van der Waals surface area contributed by atoms with Gasteiger partial charge in [0.25, 0.3) is 0 Å². The Balaban J connectivity index is 2.99. The third-order valence-electron chi connectivity index (χ3n) is 2.05. The van der Waals surface area contributed by atoms with Gasteiger partial charge in [-0.25, -0.2) is 8.42 Å². The second kappa shape index (κ2) is 4.57. The second-order valence-corrected chi connectivity index (χ2v) is 5.30. The first-order valence-electron chi connectivity index (χ1n) is 4.56. The van der Waals surface area contributed by atoms with Gasteiger partial charge in [0, 0.05) is 0 Å². The number of benzene rings is 1. The fourth-order valence-electron chi connectivity index (χ4n) is 1.29. The maximum Gasteiger partial charge on any atom is 0.178 e. The van der Waals surface area contributed by atoms with E-state index in [-0.39, 0.29) is 5.75 Å². The van der Waals surface area contributed by atoms with E-state index in [2.05, 4.69) is 0 Å². The van der Waals surface area contributed by atoms with Crippen molar-refractivity contribution in [3.63, 3.8) is 0 Å². The van der Waals surface area contributed by atoms with Crippen LogP contribution in [0.2, 0.25) is 0 Å². The summed E-state index contributed by atoms with van der Waals surface area (Å²) in [4.78, 5) is 0.424. The Hall–Kier alpha value is -0.870. The highest BCUT2D eigenvalue weighted by atomic mass is 32.2. The molecular formula is C10H15NO2S. The van der Waals surface area contributed by atoms with Crippen LogP contribution in [0.25, 0.3) is 0 Å². The molecule has 78 valence electrons. The number of sulfone groups is 1. The highest BCUT2D eigenvalue weighted by Crippen LogP contribution is 2.16. The second-order valence-electron chi connectivity index (χ2n) is 3.23. The summed E-state index contributed by atoms with van der Waals surface area (Å²) >= 11 is 0. The lowest BCUT2D eigenvalue weighted by Crippen LogP contribution is -2.12. The Morgan fingerprint density at radius 2 is 1.93 bits per heavy atom. The molecule has 0 amide bonds. The minimum absolute atomic E-state index is 0.133. The summed E-state index contributed by atoms with van der Waals surface area (Å²) in [5, 5.41) is 0. The van der Waals surface area contributed by atoms with Crippen molar-refractivity contribution >= 4 is 9.84 Å². The molecule has 2 N–H and O–H groups in total. The molecule has 3 nitrogen and oxygen atoms in total. The van der Waals surface area contributed by atoms with Gasteiger partial charge < -0.3 is 5.73 Å². The van der Waals surface area contributed by atoms with E-state index in [9.17, 15) is 8.42 Å². The lowest BCUT2D eigenvalue weighted by atomic mass is 10.2. The Bertz CT molecular complexity index is 398. The first kappa shape index (κ1) is 11.2. The zero-order valence-electron chi connectivity index (χ0n) is 8.23. The number of rotatable bonds is 4. The summed E-state index contributed by atoms with van der Waals surface area (Å²) in [6, 6.07) is 7.01. The van der Waals surface area contributed by atoms with Crippen LogP contribution in [0.3, 0.4) is 0 Å². The van der Waals surface area contributed by atoms with Gasteiger partial charge in [-0.3, -0.25) is 0 Å². The summed E-state index contributed by atoms with van der Waals surface area (Å²) in [6.07, 6.45) is 0.511. The molecule has 0 fully saturated rings. The Kier molecular flexibility index (Phi) is 3.66. The fraction of sp³-hybridized carbons (Fsp3) is 0.400. The van der Waals surface area contributed by atoms with Crippen molar-refractivity contribution in [3.05, 3.63) is 29.8 Å². The molecule has 0 aliphatic carbocycles. The zero-order chi connectivity index (χ0) is 10.6.